The number of aliphatic hydroxyl groups excluding tert-OH is 1. The lowest BCUT2D eigenvalue weighted by Crippen LogP contribution is -2.51. The van der Waals surface area contributed by atoms with Gasteiger partial charge in [0.25, 0.3) is 0 Å². The summed E-state index contributed by atoms with van der Waals surface area (Å²) >= 11 is 0. The molecule has 1 aromatic carbocycles. The Labute approximate surface area is 136 Å². The van der Waals surface area contributed by atoms with Gasteiger partial charge in [0.1, 0.15) is 18.0 Å². The van der Waals surface area contributed by atoms with Crippen molar-refractivity contribution in [3.8, 4) is 0 Å². The van der Waals surface area contributed by atoms with E-state index in [1.165, 1.54) is 6.07 Å². The van der Waals surface area contributed by atoms with Crippen LogP contribution in [0.4, 0.5) is 4.39 Å². The highest BCUT2D eigenvalue weighted by Gasteiger charge is 2.59. The van der Waals surface area contributed by atoms with Gasteiger partial charge >= 0.3 is 0 Å². The van der Waals surface area contributed by atoms with Gasteiger partial charge in [-0.15, -0.1) is 0 Å². The average molecular weight is 324 g/mol. The Balaban J connectivity index is 1.71. The number of benzene rings is 1. The van der Waals surface area contributed by atoms with Crippen LogP contribution in [0, 0.1) is 11.7 Å². The second kappa shape index (κ2) is 6.48. The molecular formula is C18H25FO4. The van der Waals surface area contributed by atoms with E-state index in [2.05, 4.69) is 0 Å². The van der Waals surface area contributed by atoms with E-state index in [4.69, 9.17) is 9.47 Å². The summed E-state index contributed by atoms with van der Waals surface area (Å²) in [5.74, 6) is -0.377. The number of fused-ring (bicyclic) bond motifs is 2. The zero-order valence-corrected chi connectivity index (χ0v) is 13.6. The summed E-state index contributed by atoms with van der Waals surface area (Å²) in [5, 5.41) is 21.1. The topological polar surface area (TPSA) is 58.9 Å². The summed E-state index contributed by atoms with van der Waals surface area (Å²) in [7, 11) is 0. The minimum absolute atomic E-state index is 0.0588. The predicted molar refractivity (Wildman–Crippen MR) is 83.3 cm³/mol. The van der Waals surface area contributed by atoms with Crippen LogP contribution in [0.25, 0.3) is 0 Å². The van der Waals surface area contributed by atoms with Crippen LogP contribution >= 0.6 is 0 Å². The third-order valence-corrected chi connectivity index (χ3v) is 5.56. The first kappa shape index (κ1) is 16.8. The van der Waals surface area contributed by atoms with E-state index >= 15 is 0 Å². The Morgan fingerprint density at radius 2 is 2.00 bits per heavy atom. The Hall–Kier alpha value is -1.01. The van der Waals surface area contributed by atoms with Gasteiger partial charge in [-0.05, 0) is 25.3 Å². The Morgan fingerprint density at radius 1 is 1.30 bits per heavy atom. The molecule has 2 N–H and O–H groups in total. The number of aliphatic hydroxyl groups is 2. The van der Waals surface area contributed by atoms with Crippen molar-refractivity contribution in [1.29, 1.82) is 0 Å². The largest absolute Gasteiger partial charge is 0.390 e. The van der Waals surface area contributed by atoms with Crippen LogP contribution in [0.15, 0.2) is 24.3 Å². The summed E-state index contributed by atoms with van der Waals surface area (Å²) in [5.41, 5.74) is -0.348. The fraction of sp³-hybridized carbons (Fsp3) is 0.667. The first-order chi connectivity index (χ1) is 11.0. The quantitative estimate of drug-likeness (QED) is 0.844. The van der Waals surface area contributed by atoms with Gasteiger partial charge in [-0.1, -0.05) is 32.0 Å². The van der Waals surface area contributed by atoms with E-state index in [-0.39, 0.29) is 30.5 Å². The highest BCUT2D eigenvalue weighted by atomic mass is 19.1. The minimum atomic E-state index is -0.806. The Bertz CT molecular complexity index is 546. The molecule has 2 aliphatic heterocycles. The SMILES string of the molecule is CCC(O)(CC)C1CC2OC1C(OCc1ccccc1F)C2O. The molecule has 2 fully saturated rings. The van der Waals surface area contributed by atoms with Gasteiger partial charge in [-0.2, -0.15) is 0 Å². The molecule has 0 aromatic heterocycles. The van der Waals surface area contributed by atoms with Crippen molar-refractivity contribution in [2.75, 3.05) is 0 Å². The second-order valence-electron chi connectivity index (χ2n) is 6.65. The molecule has 0 amide bonds. The highest BCUT2D eigenvalue weighted by Crippen LogP contribution is 2.47. The zero-order chi connectivity index (χ0) is 16.6. The first-order valence-electron chi connectivity index (χ1n) is 8.41. The van der Waals surface area contributed by atoms with Crippen molar-refractivity contribution in [3.63, 3.8) is 0 Å². The Kier molecular flexibility index (Phi) is 4.74. The molecule has 0 aliphatic carbocycles. The molecule has 3 rings (SSSR count). The van der Waals surface area contributed by atoms with E-state index < -0.39 is 17.8 Å². The van der Waals surface area contributed by atoms with Gasteiger partial charge in [-0.25, -0.2) is 4.39 Å². The summed E-state index contributed by atoms with van der Waals surface area (Å²) in [6.07, 6.45) is 0.0213. The smallest absolute Gasteiger partial charge is 0.128 e. The van der Waals surface area contributed by atoms with E-state index in [1.54, 1.807) is 18.2 Å². The average Bonchev–Trinajstić information content (AvgIpc) is 3.12. The molecule has 23 heavy (non-hydrogen) atoms. The minimum Gasteiger partial charge on any atom is -0.390 e. The summed E-state index contributed by atoms with van der Waals surface area (Å²) in [6, 6.07) is 6.45. The van der Waals surface area contributed by atoms with Crippen LogP contribution in [0.3, 0.4) is 0 Å². The summed E-state index contributed by atoms with van der Waals surface area (Å²) in [4.78, 5) is 0. The van der Waals surface area contributed by atoms with Gasteiger partial charge in [0.05, 0.1) is 24.4 Å². The highest BCUT2D eigenvalue weighted by molar-refractivity contribution is 5.16. The van der Waals surface area contributed by atoms with Crippen molar-refractivity contribution in [2.45, 2.75) is 69.7 Å². The van der Waals surface area contributed by atoms with Crippen LogP contribution < -0.4 is 0 Å². The van der Waals surface area contributed by atoms with Crippen molar-refractivity contribution in [3.05, 3.63) is 35.6 Å². The molecular weight excluding hydrogens is 299 g/mol. The molecule has 5 heteroatoms. The van der Waals surface area contributed by atoms with E-state index in [0.717, 1.165) is 0 Å². The molecule has 0 radical (unpaired) electrons. The Morgan fingerprint density at radius 3 is 2.61 bits per heavy atom. The fourth-order valence-corrected chi connectivity index (χ4v) is 3.96. The number of ether oxygens (including phenoxy) is 2. The summed E-state index contributed by atoms with van der Waals surface area (Å²) in [6.45, 7) is 4.01. The lowest BCUT2D eigenvalue weighted by Gasteiger charge is -2.39. The number of hydrogen-bond acceptors (Lipinski definition) is 4. The molecule has 4 nitrogen and oxygen atoms in total. The molecule has 0 saturated carbocycles. The van der Waals surface area contributed by atoms with Crippen molar-refractivity contribution < 1.29 is 24.1 Å². The van der Waals surface area contributed by atoms with Crippen molar-refractivity contribution in [2.24, 2.45) is 5.92 Å². The van der Waals surface area contributed by atoms with Crippen LogP contribution in [0.1, 0.15) is 38.7 Å². The molecule has 2 bridgehead atoms. The standard InChI is InChI=1S/C18H25FO4/c1-3-18(21,4-2)12-9-14-15(20)17(16(12)23-14)22-10-11-7-5-6-8-13(11)19/h5-8,12,14-17,20-21H,3-4,9-10H2,1-2H3. The van der Waals surface area contributed by atoms with E-state index in [0.29, 0.717) is 24.8 Å². The molecule has 2 saturated heterocycles. The molecule has 5 atom stereocenters. The number of rotatable bonds is 6. The monoisotopic (exact) mass is 324 g/mol. The molecule has 2 aliphatic rings. The molecule has 0 spiro atoms. The third kappa shape index (κ3) is 2.91. The van der Waals surface area contributed by atoms with Crippen LogP contribution in [0.5, 0.6) is 0 Å². The molecule has 2 heterocycles. The first-order valence-corrected chi connectivity index (χ1v) is 8.41. The number of hydrogen-bond donors (Lipinski definition) is 2. The lowest BCUT2D eigenvalue weighted by molar-refractivity contribution is -0.114. The maximum absolute atomic E-state index is 13.7. The third-order valence-electron chi connectivity index (χ3n) is 5.56. The van der Waals surface area contributed by atoms with Crippen LogP contribution in [0.2, 0.25) is 0 Å². The maximum atomic E-state index is 13.7. The number of halogens is 1. The van der Waals surface area contributed by atoms with E-state index in [1.807, 2.05) is 13.8 Å². The predicted octanol–water partition coefficient (Wildman–Crippen LogP) is 2.41. The fourth-order valence-electron chi connectivity index (χ4n) is 3.96. The van der Waals surface area contributed by atoms with Crippen LogP contribution in [-0.2, 0) is 16.1 Å². The molecule has 1 aromatic rings. The summed E-state index contributed by atoms with van der Waals surface area (Å²) < 4.78 is 25.4. The van der Waals surface area contributed by atoms with Crippen LogP contribution in [-0.4, -0.2) is 40.2 Å². The van der Waals surface area contributed by atoms with Crippen molar-refractivity contribution >= 4 is 0 Å². The molecule has 5 unspecified atom stereocenters. The van der Waals surface area contributed by atoms with Gasteiger partial charge in [0, 0.05) is 11.5 Å². The normalized spacial score (nSPS) is 33.3. The lowest BCUT2D eigenvalue weighted by atomic mass is 9.72. The zero-order valence-electron chi connectivity index (χ0n) is 13.6. The maximum Gasteiger partial charge on any atom is 0.128 e. The van der Waals surface area contributed by atoms with E-state index in [9.17, 15) is 14.6 Å². The van der Waals surface area contributed by atoms with Gasteiger partial charge in [0.2, 0.25) is 0 Å². The van der Waals surface area contributed by atoms with Gasteiger partial charge < -0.3 is 19.7 Å². The molecule has 128 valence electrons. The van der Waals surface area contributed by atoms with Gasteiger partial charge in [0.15, 0.2) is 0 Å². The van der Waals surface area contributed by atoms with Gasteiger partial charge in [-0.3, -0.25) is 0 Å². The second-order valence-corrected chi connectivity index (χ2v) is 6.65. The van der Waals surface area contributed by atoms with Crippen molar-refractivity contribution in [1.82, 2.24) is 0 Å².